The summed E-state index contributed by atoms with van der Waals surface area (Å²) in [6, 6.07) is 6.30. The lowest BCUT2D eigenvalue weighted by molar-refractivity contribution is 1.29. The van der Waals surface area contributed by atoms with Crippen LogP contribution in [0.2, 0.25) is 0 Å². The molecule has 15 heavy (non-hydrogen) atoms. The minimum atomic E-state index is 0. The van der Waals surface area contributed by atoms with Crippen molar-refractivity contribution in [3.8, 4) is 0 Å². The molecule has 0 spiro atoms. The molecule has 0 aliphatic carbocycles. The molecule has 0 atom stereocenters. The number of nitrogens with zero attached hydrogens (tertiary/aromatic N) is 1. The van der Waals surface area contributed by atoms with Crippen LogP contribution in [0.5, 0.6) is 0 Å². The van der Waals surface area contributed by atoms with Crippen LogP contribution in [0.25, 0.3) is 10.9 Å². The number of aromatic nitrogens is 1. The second-order valence-corrected chi connectivity index (χ2v) is 3.77. The maximum atomic E-state index is 5.79. The Hall–Kier alpha value is -1.28. The summed E-state index contributed by atoms with van der Waals surface area (Å²) in [7, 11) is 0. The maximum absolute atomic E-state index is 5.79. The lowest BCUT2D eigenvalue weighted by Crippen LogP contribution is -1.96. The zero-order valence-electron chi connectivity index (χ0n) is 9.16. The second kappa shape index (κ2) is 4.07. The molecular formula is C12H15ClN2. The molecule has 1 aromatic carbocycles. The molecule has 0 saturated heterocycles. The Morgan fingerprint density at radius 3 is 2.40 bits per heavy atom. The molecule has 3 heteroatoms. The van der Waals surface area contributed by atoms with Crippen molar-refractivity contribution in [3.63, 3.8) is 0 Å². The van der Waals surface area contributed by atoms with Crippen LogP contribution < -0.4 is 5.73 Å². The Bertz CT molecular complexity index is 506. The van der Waals surface area contributed by atoms with Gasteiger partial charge >= 0.3 is 0 Å². The highest BCUT2D eigenvalue weighted by Gasteiger charge is 2.04. The molecular weight excluding hydrogens is 208 g/mol. The molecule has 2 aromatic rings. The number of rotatable bonds is 0. The number of halogens is 1. The Kier molecular flexibility index (Phi) is 3.20. The van der Waals surface area contributed by atoms with E-state index in [9.17, 15) is 0 Å². The van der Waals surface area contributed by atoms with E-state index in [-0.39, 0.29) is 12.4 Å². The van der Waals surface area contributed by atoms with Gasteiger partial charge in [-0.1, -0.05) is 12.1 Å². The van der Waals surface area contributed by atoms with Gasteiger partial charge in [0.1, 0.15) is 5.82 Å². The van der Waals surface area contributed by atoms with Crippen LogP contribution in [-0.2, 0) is 0 Å². The van der Waals surface area contributed by atoms with Crippen molar-refractivity contribution in [1.82, 2.24) is 4.98 Å². The van der Waals surface area contributed by atoms with Crippen LogP contribution in [0, 0.1) is 20.8 Å². The van der Waals surface area contributed by atoms with Crippen molar-refractivity contribution >= 4 is 29.1 Å². The number of nitrogen functional groups attached to an aromatic ring is 1. The Balaban J connectivity index is 0.00000112. The number of hydrogen-bond donors (Lipinski definition) is 1. The molecule has 0 aliphatic rings. The monoisotopic (exact) mass is 222 g/mol. The van der Waals surface area contributed by atoms with Crippen molar-refractivity contribution in [2.45, 2.75) is 20.8 Å². The molecule has 80 valence electrons. The third kappa shape index (κ3) is 1.90. The minimum absolute atomic E-state index is 0. The molecule has 2 nitrogen and oxygen atoms in total. The zero-order chi connectivity index (χ0) is 10.3. The van der Waals surface area contributed by atoms with Crippen LogP contribution in [0.3, 0.4) is 0 Å². The van der Waals surface area contributed by atoms with Crippen molar-refractivity contribution in [1.29, 1.82) is 0 Å². The number of hydrogen-bond acceptors (Lipinski definition) is 2. The van der Waals surface area contributed by atoms with Gasteiger partial charge in [-0.25, -0.2) is 4.98 Å². The van der Waals surface area contributed by atoms with Gasteiger partial charge in [-0.2, -0.15) is 0 Å². The van der Waals surface area contributed by atoms with Gasteiger partial charge in [0.25, 0.3) is 0 Å². The van der Waals surface area contributed by atoms with Gasteiger partial charge in [-0.05, 0) is 43.5 Å². The van der Waals surface area contributed by atoms with Crippen LogP contribution in [-0.4, -0.2) is 4.98 Å². The fraction of sp³-hybridized carbons (Fsp3) is 0.250. The number of benzene rings is 1. The lowest BCUT2D eigenvalue weighted by atomic mass is 10.0. The summed E-state index contributed by atoms with van der Waals surface area (Å²) in [5.74, 6) is 0.631. The van der Waals surface area contributed by atoms with Crippen LogP contribution in [0.1, 0.15) is 16.7 Å². The predicted octanol–water partition coefficient (Wildman–Crippen LogP) is 3.16. The third-order valence-corrected chi connectivity index (χ3v) is 2.74. The van der Waals surface area contributed by atoms with Crippen molar-refractivity contribution in [2.75, 3.05) is 5.73 Å². The summed E-state index contributed by atoms with van der Waals surface area (Å²) in [6.07, 6.45) is 0. The SMILES string of the molecule is Cc1cc2ccc(C)c(C)c2nc1N.Cl. The quantitative estimate of drug-likeness (QED) is 0.744. The maximum Gasteiger partial charge on any atom is 0.127 e. The first kappa shape index (κ1) is 11.8. The molecule has 0 radical (unpaired) electrons. The first-order valence-electron chi connectivity index (χ1n) is 4.72. The number of pyridine rings is 1. The summed E-state index contributed by atoms with van der Waals surface area (Å²) < 4.78 is 0. The molecule has 0 bridgehead atoms. The van der Waals surface area contributed by atoms with Crippen LogP contribution in [0.15, 0.2) is 18.2 Å². The van der Waals surface area contributed by atoms with E-state index in [1.54, 1.807) is 0 Å². The van der Waals surface area contributed by atoms with Gasteiger partial charge in [0.15, 0.2) is 0 Å². The van der Waals surface area contributed by atoms with Gasteiger partial charge < -0.3 is 5.73 Å². The van der Waals surface area contributed by atoms with E-state index < -0.39 is 0 Å². The highest BCUT2D eigenvalue weighted by Crippen LogP contribution is 2.22. The summed E-state index contributed by atoms with van der Waals surface area (Å²) in [4.78, 5) is 4.41. The zero-order valence-corrected chi connectivity index (χ0v) is 9.98. The number of nitrogens with two attached hydrogens (primary N) is 1. The van der Waals surface area contributed by atoms with E-state index in [0.29, 0.717) is 5.82 Å². The van der Waals surface area contributed by atoms with Gasteiger partial charge in [0.2, 0.25) is 0 Å². The summed E-state index contributed by atoms with van der Waals surface area (Å²) in [5.41, 5.74) is 10.3. The lowest BCUT2D eigenvalue weighted by Gasteiger charge is -2.07. The Morgan fingerprint density at radius 1 is 1.07 bits per heavy atom. The number of aryl methyl sites for hydroxylation is 3. The minimum Gasteiger partial charge on any atom is -0.383 e. The fourth-order valence-electron chi connectivity index (χ4n) is 1.60. The van der Waals surface area contributed by atoms with E-state index >= 15 is 0 Å². The van der Waals surface area contributed by atoms with E-state index in [1.807, 2.05) is 6.92 Å². The molecule has 0 fully saturated rings. The highest BCUT2D eigenvalue weighted by molar-refractivity contribution is 5.85. The predicted molar refractivity (Wildman–Crippen MR) is 67.6 cm³/mol. The first-order chi connectivity index (χ1) is 6.59. The van der Waals surface area contributed by atoms with Crippen molar-refractivity contribution < 1.29 is 0 Å². The second-order valence-electron chi connectivity index (χ2n) is 3.77. The average Bonchev–Trinajstić information content (AvgIpc) is 2.15. The summed E-state index contributed by atoms with van der Waals surface area (Å²) in [6.45, 7) is 6.16. The molecule has 0 unspecified atom stereocenters. The van der Waals surface area contributed by atoms with Gasteiger partial charge in [0, 0.05) is 5.39 Å². The van der Waals surface area contributed by atoms with Gasteiger partial charge in [-0.15, -0.1) is 12.4 Å². The van der Waals surface area contributed by atoms with Gasteiger partial charge in [-0.3, -0.25) is 0 Å². The molecule has 0 aliphatic heterocycles. The standard InChI is InChI=1S/C12H14N2.ClH/c1-7-4-5-10-6-8(2)12(13)14-11(10)9(7)3;/h4-6H,1-3H3,(H2,13,14);1H. The number of anilines is 1. The van der Waals surface area contributed by atoms with E-state index in [4.69, 9.17) is 5.73 Å². The Morgan fingerprint density at radius 2 is 1.73 bits per heavy atom. The highest BCUT2D eigenvalue weighted by atomic mass is 35.5. The Labute approximate surface area is 95.9 Å². The largest absolute Gasteiger partial charge is 0.383 e. The summed E-state index contributed by atoms with van der Waals surface area (Å²) in [5, 5.41) is 1.17. The molecule has 1 aromatic heterocycles. The summed E-state index contributed by atoms with van der Waals surface area (Å²) >= 11 is 0. The fourth-order valence-corrected chi connectivity index (χ4v) is 1.60. The molecule has 2 N–H and O–H groups in total. The average molecular weight is 223 g/mol. The smallest absolute Gasteiger partial charge is 0.127 e. The van der Waals surface area contributed by atoms with Crippen molar-refractivity contribution in [2.24, 2.45) is 0 Å². The van der Waals surface area contributed by atoms with E-state index in [1.165, 1.54) is 16.5 Å². The first-order valence-corrected chi connectivity index (χ1v) is 4.72. The molecule has 1 heterocycles. The topological polar surface area (TPSA) is 38.9 Å². The number of fused-ring (bicyclic) bond motifs is 1. The molecule has 0 amide bonds. The van der Waals surface area contributed by atoms with Crippen LogP contribution in [0.4, 0.5) is 5.82 Å². The third-order valence-electron chi connectivity index (χ3n) is 2.74. The van der Waals surface area contributed by atoms with Gasteiger partial charge in [0.05, 0.1) is 5.52 Å². The normalized spacial score (nSPS) is 10.1. The van der Waals surface area contributed by atoms with Crippen LogP contribution >= 0.6 is 12.4 Å². The van der Waals surface area contributed by atoms with E-state index in [0.717, 1.165) is 11.1 Å². The molecule has 0 saturated carbocycles. The van der Waals surface area contributed by atoms with E-state index in [2.05, 4.69) is 37.0 Å². The van der Waals surface area contributed by atoms with Crippen molar-refractivity contribution in [3.05, 3.63) is 34.9 Å². The molecule has 2 rings (SSSR count).